The van der Waals surface area contributed by atoms with E-state index in [4.69, 9.17) is 0 Å². The van der Waals surface area contributed by atoms with Crippen molar-refractivity contribution in [2.24, 2.45) is 0 Å². The first-order chi connectivity index (χ1) is 9.78. The summed E-state index contributed by atoms with van der Waals surface area (Å²) in [5.41, 5.74) is 1.12. The van der Waals surface area contributed by atoms with Crippen molar-refractivity contribution in [1.82, 2.24) is 15.0 Å². The van der Waals surface area contributed by atoms with Crippen molar-refractivity contribution in [2.45, 2.75) is 6.92 Å². The summed E-state index contributed by atoms with van der Waals surface area (Å²) in [4.78, 5) is 17.8. The molecule has 0 spiro atoms. The quantitative estimate of drug-likeness (QED) is 0.927. The molecule has 0 bridgehead atoms. The highest BCUT2D eigenvalue weighted by atomic mass is 32.1. The first-order valence-electron chi connectivity index (χ1n) is 6.68. The number of nitrogens with one attached hydrogen (secondary N) is 1. The van der Waals surface area contributed by atoms with Crippen LogP contribution in [-0.4, -0.2) is 48.2 Å². The van der Waals surface area contributed by atoms with Crippen LogP contribution in [0.4, 0.5) is 16.9 Å². The van der Waals surface area contributed by atoms with E-state index < -0.39 is 0 Å². The SMILES string of the molecule is CNc1ncc(C)c(N2CCN(c3nccs3)CC2)n1. The van der Waals surface area contributed by atoms with Gasteiger partial charge in [0.1, 0.15) is 5.82 Å². The first-order valence-corrected chi connectivity index (χ1v) is 7.56. The molecule has 1 aliphatic heterocycles. The van der Waals surface area contributed by atoms with Gasteiger partial charge in [-0.15, -0.1) is 11.3 Å². The second-order valence-electron chi connectivity index (χ2n) is 4.74. The summed E-state index contributed by atoms with van der Waals surface area (Å²) < 4.78 is 0. The van der Waals surface area contributed by atoms with Crippen LogP contribution in [0.2, 0.25) is 0 Å². The van der Waals surface area contributed by atoms with E-state index in [1.807, 2.05) is 24.8 Å². The van der Waals surface area contributed by atoms with Gasteiger partial charge in [0.05, 0.1) is 0 Å². The lowest BCUT2D eigenvalue weighted by molar-refractivity contribution is 0.644. The average molecular weight is 290 g/mol. The summed E-state index contributed by atoms with van der Waals surface area (Å²) in [7, 11) is 1.84. The summed E-state index contributed by atoms with van der Waals surface area (Å²) in [6.07, 6.45) is 3.74. The molecule has 1 N–H and O–H groups in total. The highest BCUT2D eigenvalue weighted by Gasteiger charge is 2.21. The smallest absolute Gasteiger partial charge is 0.224 e. The van der Waals surface area contributed by atoms with Crippen molar-refractivity contribution in [1.29, 1.82) is 0 Å². The molecule has 7 heteroatoms. The van der Waals surface area contributed by atoms with Gasteiger partial charge in [0.2, 0.25) is 5.95 Å². The van der Waals surface area contributed by atoms with Crippen LogP contribution in [-0.2, 0) is 0 Å². The van der Waals surface area contributed by atoms with Crippen LogP contribution in [0.3, 0.4) is 0 Å². The molecule has 6 nitrogen and oxygen atoms in total. The van der Waals surface area contributed by atoms with Crippen LogP contribution in [0, 0.1) is 6.92 Å². The van der Waals surface area contributed by atoms with E-state index in [-0.39, 0.29) is 0 Å². The Hall–Kier alpha value is -1.89. The van der Waals surface area contributed by atoms with Crippen LogP contribution in [0.15, 0.2) is 17.8 Å². The molecule has 0 radical (unpaired) electrons. The summed E-state index contributed by atoms with van der Waals surface area (Å²) >= 11 is 1.70. The topological polar surface area (TPSA) is 57.2 Å². The molecule has 106 valence electrons. The Morgan fingerprint density at radius 1 is 1.15 bits per heavy atom. The minimum atomic E-state index is 0.674. The number of piperazine rings is 1. The van der Waals surface area contributed by atoms with E-state index in [2.05, 4.69) is 37.0 Å². The molecule has 2 aromatic rings. The number of hydrogen-bond acceptors (Lipinski definition) is 7. The number of anilines is 3. The largest absolute Gasteiger partial charge is 0.357 e. The van der Waals surface area contributed by atoms with Crippen LogP contribution in [0.1, 0.15) is 5.56 Å². The van der Waals surface area contributed by atoms with Gasteiger partial charge in [-0.25, -0.2) is 9.97 Å². The van der Waals surface area contributed by atoms with Gasteiger partial charge in [0.25, 0.3) is 0 Å². The second kappa shape index (κ2) is 5.62. The molecule has 0 amide bonds. The van der Waals surface area contributed by atoms with Gasteiger partial charge in [0, 0.05) is 56.6 Å². The van der Waals surface area contributed by atoms with Crippen LogP contribution in [0.25, 0.3) is 0 Å². The Morgan fingerprint density at radius 2 is 1.90 bits per heavy atom. The standard InChI is InChI=1S/C13H18N6S/c1-10-9-16-12(14-2)17-11(10)18-4-6-19(7-5-18)13-15-3-8-20-13/h3,8-9H,4-7H2,1-2H3,(H,14,16,17). The number of thiazole rings is 1. The van der Waals surface area contributed by atoms with Gasteiger partial charge >= 0.3 is 0 Å². The monoisotopic (exact) mass is 290 g/mol. The third-order valence-electron chi connectivity index (χ3n) is 3.44. The van der Waals surface area contributed by atoms with Crippen molar-refractivity contribution >= 4 is 28.2 Å². The number of aryl methyl sites for hydroxylation is 1. The van der Waals surface area contributed by atoms with Gasteiger partial charge in [-0.1, -0.05) is 0 Å². The molecule has 1 fully saturated rings. The molecule has 20 heavy (non-hydrogen) atoms. The zero-order valence-corrected chi connectivity index (χ0v) is 12.5. The first kappa shape index (κ1) is 13.1. The Bertz CT molecular complexity index is 562. The van der Waals surface area contributed by atoms with Crippen molar-refractivity contribution in [3.63, 3.8) is 0 Å². The highest BCUT2D eigenvalue weighted by Crippen LogP contribution is 2.23. The molecule has 0 unspecified atom stereocenters. The zero-order valence-electron chi connectivity index (χ0n) is 11.7. The summed E-state index contributed by atoms with van der Waals surface area (Å²) in [5, 5.41) is 6.13. The number of nitrogens with zero attached hydrogens (tertiary/aromatic N) is 5. The maximum Gasteiger partial charge on any atom is 0.224 e. The maximum atomic E-state index is 4.57. The highest BCUT2D eigenvalue weighted by molar-refractivity contribution is 7.13. The minimum absolute atomic E-state index is 0.674. The van der Waals surface area contributed by atoms with Crippen LogP contribution >= 0.6 is 11.3 Å². The van der Waals surface area contributed by atoms with E-state index in [1.165, 1.54) is 0 Å². The van der Waals surface area contributed by atoms with Crippen molar-refractivity contribution in [2.75, 3.05) is 48.3 Å². The van der Waals surface area contributed by atoms with E-state index >= 15 is 0 Å². The molecule has 2 aromatic heterocycles. The Labute approximate surface area is 122 Å². The van der Waals surface area contributed by atoms with Gasteiger partial charge < -0.3 is 15.1 Å². The van der Waals surface area contributed by atoms with Crippen LogP contribution < -0.4 is 15.1 Å². The van der Waals surface area contributed by atoms with E-state index in [0.717, 1.165) is 42.7 Å². The normalized spacial score (nSPS) is 15.5. The molecule has 3 rings (SSSR count). The fourth-order valence-corrected chi connectivity index (χ4v) is 3.05. The van der Waals surface area contributed by atoms with Gasteiger partial charge in [-0.2, -0.15) is 4.98 Å². The van der Waals surface area contributed by atoms with Gasteiger partial charge in [-0.05, 0) is 6.92 Å². The van der Waals surface area contributed by atoms with Gasteiger partial charge in [-0.3, -0.25) is 0 Å². The minimum Gasteiger partial charge on any atom is -0.357 e. The molecule has 0 saturated carbocycles. The third-order valence-corrected chi connectivity index (χ3v) is 4.27. The Balaban J connectivity index is 1.72. The predicted octanol–water partition coefficient (Wildman–Crippen LogP) is 1.61. The lowest BCUT2D eigenvalue weighted by Crippen LogP contribution is -2.47. The fourth-order valence-electron chi connectivity index (χ4n) is 2.36. The van der Waals surface area contributed by atoms with Crippen molar-refractivity contribution < 1.29 is 0 Å². The molecule has 3 heterocycles. The fraction of sp³-hybridized carbons (Fsp3) is 0.462. The molecule has 0 atom stereocenters. The average Bonchev–Trinajstić information content (AvgIpc) is 3.02. The predicted molar refractivity (Wildman–Crippen MR) is 82.9 cm³/mol. The lowest BCUT2D eigenvalue weighted by atomic mass is 10.2. The molecule has 1 saturated heterocycles. The molecular weight excluding hydrogens is 272 g/mol. The van der Waals surface area contributed by atoms with Gasteiger partial charge in [0.15, 0.2) is 5.13 Å². The Kier molecular flexibility index (Phi) is 3.68. The molecule has 0 aliphatic carbocycles. The Morgan fingerprint density at radius 3 is 2.55 bits per heavy atom. The summed E-state index contributed by atoms with van der Waals surface area (Å²) in [6.45, 7) is 5.93. The van der Waals surface area contributed by atoms with E-state index in [1.54, 1.807) is 11.3 Å². The second-order valence-corrected chi connectivity index (χ2v) is 5.61. The number of aromatic nitrogens is 3. The maximum absolute atomic E-state index is 4.57. The summed E-state index contributed by atoms with van der Waals surface area (Å²) in [6, 6.07) is 0. The molecule has 1 aliphatic rings. The van der Waals surface area contributed by atoms with E-state index in [9.17, 15) is 0 Å². The lowest BCUT2D eigenvalue weighted by Gasteiger charge is -2.35. The van der Waals surface area contributed by atoms with Crippen molar-refractivity contribution in [3.8, 4) is 0 Å². The number of hydrogen-bond donors (Lipinski definition) is 1. The van der Waals surface area contributed by atoms with Crippen molar-refractivity contribution in [3.05, 3.63) is 23.3 Å². The van der Waals surface area contributed by atoms with E-state index in [0.29, 0.717) is 5.95 Å². The zero-order chi connectivity index (χ0) is 13.9. The number of rotatable bonds is 3. The summed E-state index contributed by atoms with van der Waals surface area (Å²) in [5.74, 6) is 1.70. The third kappa shape index (κ3) is 2.53. The molecule has 0 aromatic carbocycles. The van der Waals surface area contributed by atoms with Crippen LogP contribution in [0.5, 0.6) is 0 Å². The molecular formula is C13H18N6S.